The van der Waals surface area contributed by atoms with Crippen LogP contribution in [0.3, 0.4) is 0 Å². The van der Waals surface area contributed by atoms with E-state index >= 15 is 0 Å². The third-order valence-electron chi connectivity index (χ3n) is 5.44. The highest BCUT2D eigenvalue weighted by Crippen LogP contribution is 2.29. The molecule has 1 N–H and O–H groups in total. The summed E-state index contributed by atoms with van der Waals surface area (Å²) in [5.41, 5.74) is 1.44. The number of hydrogen-bond acceptors (Lipinski definition) is 7. The summed E-state index contributed by atoms with van der Waals surface area (Å²) < 4.78 is 5.15. The third-order valence-corrected chi connectivity index (χ3v) is 6.48. The molecule has 0 saturated heterocycles. The van der Waals surface area contributed by atoms with Gasteiger partial charge < -0.3 is 10.1 Å². The minimum Gasteiger partial charge on any atom is -0.453 e. The summed E-state index contributed by atoms with van der Waals surface area (Å²) in [7, 11) is 0. The second-order valence-corrected chi connectivity index (χ2v) is 9.21. The minimum absolute atomic E-state index is 0.00440. The lowest BCUT2D eigenvalue weighted by molar-refractivity contribution is -0.153. The van der Waals surface area contributed by atoms with E-state index < -0.39 is 18.0 Å². The number of carbonyl (C=O) groups is 5. The zero-order valence-electron chi connectivity index (χ0n) is 18.5. The van der Waals surface area contributed by atoms with Crippen LogP contribution in [0, 0.1) is 6.92 Å². The standard InChI is InChI=1S/C26H21NO6S/c1-14-7-11-22(34-14)21(28)10-12-23(29)33-15(2)26(32)27-16-8-9-19-20(13-16)25(31)18-6-4-3-5-17(18)24(19)30/h3-9,11,13,15H,10,12H2,1-2H3,(H,27,32). The number of rotatable bonds is 7. The van der Waals surface area contributed by atoms with Gasteiger partial charge in [-0.3, -0.25) is 24.0 Å². The maximum Gasteiger partial charge on any atom is 0.307 e. The van der Waals surface area contributed by atoms with Gasteiger partial charge >= 0.3 is 5.97 Å². The highest BCUT2D eigenvalue weighted by molar-refractivity contribution is 7.14. The Kier molecular flexibility index (Phi) is 6.51. The largest absolute Gasteiger partial charge is 0.453 e. The van der Waals surface area contributed by atoms with Gasteiger partial charge in [-0.1, -0.05) is 24.3 Å². The highest BCUT2D eigenvalue weighted by Gasteiger charge is 2.29. The van der Waals surface area contributed by atoms with Crippen LogP contribution in [-0.2, 0) is 14.3 Å². The Morgan fingerprint density at radius 1 is 0.882 bits per heavy atom. The number of Topliss-reactive ketones (excluding diaryl/α,β-unsaturated/α-hetero) is 1. The molecular formula is C26H21NO6S. The summed E-state index contributed by atoms with van der Waals surface area (Å²) in [5.74, 6) is -1.96. The Balaban J connectivity index is 1.36. The number of nitrogens with one attached hydrogen (secondary N) is 1. The maximum absolute atomic E-state index is 12.8. The van der Waals surface area contributed by atoms with E-state index in [1.165, 1.54) is 36.5 Å². The Labute approximate surface area is 199 Å². The number of hydrogen-bond donors (Lipinski definition) is 1. The average Bonchev–Trinajstić information content (AvgIpc) is 3.27. The van der Waals surface area contributed by atoms with Crippen LogP contribution >= 0.6 is 11.3 Å². The van der Waals surface area contributed by atoms with E-state index in [4.69, 9.17) is 4.74 Å². The third kappa shape index (κ3) is 4.72. The number of fused-ring (bicyclic) bond motifs is 2. The molecule has 0 spiro atoms. The lowest BCUT2D eigenvalue weighted by Crippen LogP contribution is -2.30. The number of anilines is 1. The lowest BCUT2D eigenvalue weighted by Gasteiger charge is -2.19. The number of amides is 1. The van der Waals surface area contributed by atoms with Gasteiger partial charge in [0.25, 0.3) is 5.91 Å². The first-order valence-corrected chi connectivity index (χ1v) is 11.5. The van der Waals surface area contributed by atoms with Crippen molar-refractivity contribution in [2.45, 2.75) is 32.8 Å². The van der Waals surface area contributed by atoms with E-state index in [0.29, 0.717) is 21.7 Å². The quantitative estimate of drug-likeness (QED) is 0.314. The number of ketones is 3. The summed E-state index contributed by atoms with van der Waals surface area (Å²) in [6, 6.07) is 14.6. The van der Waals surface area contributed by atoms with Crippen molar-refractivity contribution in [3.05, 3.63) is 86.6 Å². The van der Waals surface area contributed by atoms with Crippen LogP contribution < -0.4 is 5.32 Å². The zero-order chi connectivity index (χ0) is 24.4. The molecule has 1 unspecified atom stereocenters. The molecule has 1 aromatic heterocycles. The van der Waals surface area contributed by atoms with E-state index in [1.807, 2.05) is 13.0 Å². The maximum atomic E-state index is 12.8. The van der Waals surface area contributed by atoms with Crippen molar-refractivity contribution >= 4 is 46.3 Å². The van der Waals surface area contributed by atoms with Gasteiger partial charge in [-0.05, 0) is 44.2 Å². The molecule has 2 aromatic carbocycles. The molecule has 0 radical (unpaired) electrons. The van der Waals surface area contributed by atoms with Crippen LogP contribution in [0.1, 0.15) is 66.2 Å². The first kappa shape index (κ1) is 23.3. The molecule has 7 nitrogen and oxygen atoms in total. The number of aryl methyl sites for hydroxylation is 1. The van der Waals surface area contributed by atoms with Crippen LogP contribution in [0.2, 0.25) is 0 Å². The Morgan fingerprint density at radius 3 is 2.18 bits per heavy atom. The second kappa shape index (κ2) is 9.52. The summed E-state index contributed by atoms with van der Waals surface area (Å²) in [6.07, 6.45) is -1.25. The first-order valence-electron chi connectivity index (χ1n) is 10.7. The van der Waals surface area contributed by atoms with Gasteiger partial charge in [0.05, 0.1) is 11.3 Å². The van der Waals surface area contributed by atoms with Crippen molar-refractivity contribution in [1.29, 1.82) is 0 Å². The molecule has 1 amide bonds. The van der Waals surface area contributed by atoms with Crippen LogP contribution in [-0.4, -0.2) is 35.3 Å². The van der Waals surface area contributed by atoms with E-state index in [9.17, 15) is 24.0 Å². The zero-order valence-corrected chi connectivity index (χ0v) is 19.4. The molecule has 0 bridgehead atoms. The average molecular weight is 476 g/mol. The second-order valence-electron chi connectivity index (χ2n) is 7.92. The van der Waals surface area contributed by atoms with Gasteiger partial charge in [0.1, 0.15) is 0 Å². The van der Waals surface area contributed by atoms with Crippen LogP contribution in [0.25, 0.3) is 0 Å². The van der Waals surface area contributed by atoms with Crippen molar-refractivity contribution in [2.75, 3.05) is 5.32 Å². The van der Waals surface area contributed by atoms with Gasteiger partial charge in [-0.15, -0.1) is 11.3 Å². The van der Waals surface area contributed by atoms with Gasteiger partial charge in [-0.2, -0.15) is 0 Å². The fraction of sp³-hybridized carbons (Fsp3) is 0.192. The monoisotopic (exact) mass is 475 g/mol. The molecule has 34 heavy (non-hydrogen) atoms. The molecule has 4 rings (SSSR count). The highest BCUT2D eigenvalue weighted by atomic mass is 32.1. The fourth-order valence-electron chi connectivity index (χ4n) is 3.65. The van der Waals surface area contributed by atoms with Crippen molar-refractivity contribution in [3.8, 4) is 0 Å². The Hall–Kier alpha value is -3.91. The number of esters is 1. The molecule has 1 aliphatic rings. The van der Waals surface area contributed by atoms with Gasteiger partial charge in [0.15, 0.2) is 23.5 Å². The number of ether oxygens (including phenoxy) is 1. The van der Waals surface area contributed by atoms with Crippen LogP contribution in [0.5, 0.6) is 0 Å². The molecule has 1 aliphatic carbocycles. The fourth-order valence-corrected chi connectivity index (χ4v) is 4.49. The summed E-state index contributed by atoms with van der Waals surface area (Å²) in [6.45, 7) is 3.31. The SMILES string of the molecule is Cc1ccc(C(=O)CCC(=O)OC(C)C(=O)Nc2ccc3c(c2)C(=O)c2ccccc2C3=O)s1. The summed E-state index contributed by atoms with van der Waals surface area (Å²) in [5, 5.41) is 2.61. The minimum atomic E-state index is -1.11. The van der Waals surface area contributed by atoms with Crippen molar-refractivity contribution in [2.24, 2.45) is 0 Å². The molecule has 1 heterocycles. The molecule has 3 aromatic rings. The van der Waals surface area contributed by atoms with Crippen LogP contribution in [0.4, 0.5) is 5.69 Å². The van der Waals surface area contributed by atoms with E-state index in [0.717, 1.165) is 4.88 Å². The lowest BCUT2D eigenvalue weighted by atomic mass is 9.84. The van der Waals surface area contributed by atoms with Crippen molar-refractivity contribution in [1.82, 2.24) is 0 Å². The number of benzene rings is 2. The predicted molar refractivity (Wildman–Crippen MR) is 127 cm³/mol. The van der Waals surface area contributed by atoms with Crippen molar-refractivity contribution in [3.63, 3.8) is 0 Å². The summed E-state index contributed by atoms with van der Waals surface area (Å²) >= 11 is 1.36. The van der Waals surface area contributed by atoms with Gasteiger partial charge in [0.2, 0.25) is 0 Å². The van der Waals surface area contributed by atoms with Gasteiger partial charge in [-0.25, -0.2) is 0 Å². The molecular weight excluding hydrogens is 454 g/mol. The first-order chi connectivity index (χ1) is 16.2. The molecule has 0 saturated carbocycles. The smallest absolute Gasteiger partial charge is 0.307 e. The molecule has 0 fully saturated rings. The number of thiophene rings is 1. The van der Waals surface area contributed by atoms with Gasteiger partial charge in [0, 0.05) is 39.2 Å². The number of carbonyl (C=O) groups excluding carboxylic acids is 5. The van der Waals surface area contributed by atoms with E-state index in [-0.39, 0.29) is 41.3 Å². The van der Waals surface area contributed by atoms with Crippen molar-refractivity contribution < 1.29 is 28.7 Å². The summed E-state index contributed by atoms with van der Waals surface area (Å²) in [4.78, 5) is 63.9. The molecule has 172 valence electrons. The van der Waals surface area contributed by atoms with E-state index in [1.54, 1.807) is 30.3 Å². The van der Waals surface area contributed by atoms with Crippen LogP contribution in [0.15, 0.2) is 54.6 Å². The molecule has 0 aliphatic heterocycles. The molecule has 1 atom stereocenters. The predicted octanol–water partition coefficient (Wildman–Crippen LogP) is 4.37. The molecule has 8 heteroatoms. The Morgan fingerprint density at radius 2 is 1.53 bits per heavy atom. The Bertz CT molecular complexity index is 1340. The topological polar surface area (TPSA) is 107 Å². The normalized spacial score (nSPS) is 13.0. The van der Waals surface area contributed by atoms with E-state index in [2.05, 4.69) is 5.32 Å².